The van der Waals surface area contributed by atoms with Crippen molar-refractivity contribution in [1.29, 1.82) is 0 Å². The second-order valence-corrected chi connectivity index (χ2v) is 4.11. The van der Waals surface area contributed by atoms with Gasteiger partial charge in [0.25, 0.3) is 0 Å². The zero-order valence-electron chi connectivity index (χ0n) is 8.77. The van der Waals surface area contributed by atoms with Crippen LogP contribution in [0.2, 0.25) is 0 Å². The van der Waals surface area contributed by atoms with E-state index < -0.39 is 5.60 Å². The van der Waals surface area contributed by atoms with Gasteiger partial charge in [-0.1, -0.05) is 6.92 Å². The summed E-state index contributed by atoms with van der Waals surface area (Å²) in [6.07, 6.45) is 3.14. The molecule has 3 N–H and O–H groups in total. The average molecular weight is 186 g/mol. The minimum Gasteiger partial charge on any atom is -0.389 e. The zero-order chi connectivity index (χ0) is 9.73. The highest BCUT2D eigenvalue weighted by molar-refractivity contribution is 4.91. The summed E-state index contributed by atoms with van der Waals surface area (Å²) in [5.74, 6) is 0. The molecule has 3 heteroatoms. The summed E-state index contributed by atoms with van der Waals surface area (Å²) in [5, 5.41) is 16.7. The van der Waals surface area contributed by atoms with Gasteiger partial charge in [0.2, 0.25) is 0 Å². The van der Waals surface area contributed by atoms with Crippen LogP contribution in [0.4, 0.5) is 0 Å². The normalized spacial score (nSPS) is 27.5. The highest BCUT2D eigenvalue weighted by atomic mass is 16.3. The lowest BCUT2D eigenvalue weighted by atomic mass is 9.91. The Morgan fingerprint density at radius 2 is 2.38 bits per heavy atom. The van der Waals surface area contributed by atoms with Crippen LogP contribution in [0.3, 0.4) is 0 Å². The van der Waals surface area contributed by atoms with Gasteiger partial charge in [-0.2, -0.15) is 0 Å². The Morgan fingerprint density at radius 1 is 1.62 bits per heavy atom. The van der Waals surface area contributed by atoms with Crippen LogP contribution in [0.15, 0.2) is 0 Å². The predicted molar refractivity (Wildman–Crippen MR) is 54.8 cm³/mol. The van der Waals surface area contributed by atoms with Crippen molar-refractivity contribution in [2.45, 2.75) is 44.8 Å². The standard InChI is InChI=1S/C10H22N2O/c1-3-11-8-6-10(2,13)9-5-4-7-12-9/h9,11-13H,3-8H2,1-2H3. The predicted octanol–water partition coefficient (Wildman–Crippen LogP) is 0.489. The molecule has 0 saturated carbocycles. The minimum absolute atomic E-state index is 0.297. The molecule has 0 spiro atoms. The first-order chi connectivity index (χ1) is 6.17. The highest BCUT2D eigenvalue weighted by Gasteiger charge is 2.32. The largest absolute Gasteiger partial charge is 0.389 e. The van der Waals surface area contributed by atoms with Crippen LogP contribution >= 0.6 is 0 Å². The van der Waals surface area contributed by atoms with E-state index in [1.807, 2.05) is 6.92 Å². The number of hydrogen-bond acceptors (Lipinski definition) is 3. The SMILES string of the molecule is CCNCCC(C)(O)C1CCCN1. The summed E-state index contributed by atoms with van der Waals surface area (Å²) >= 11 is 0. The molecule has 0 amide bonds. The molecule has 0 aromatic rings. The van der Waals surface area contributed by atoms with Gasteiger partial charge in [-0.05, 0) is 45.8 Å². The van der Waals surface area contributed by atoms with Crippen LogP contribution in [0, 0.1) is 0 Å². The molecule has 0 aromatic carbocycles. The molecule has 1 rings (SSSR count). The first kappa shape index (κ1) is 11.0. The fourth-order valence-electron chi connectivity index (χ4n) is 1.91. The average Bonchev–Trinajstić information content (AvgIpc) is 2.56. The Hall–Kier alpha value is -0.120. The van der Waals surface area contributed by atoms with E-state index >= 15 is 0 Å². The smallest absolute Gasteiger partial charge is 0.0784 e. The second kappa shape index (κ2) is 4.94. The summed E-state index contributed by atoms with van der Waals surface area (Å²) < 4.78 is 0. The van der Waals surface area contributed by atoms with Crippen molar-refractivity contribution < 1.29 is 5.11 Å². The fourth-order valence-corrected chi connectivity index (χ4v) is 1.91. The second-order valence-electron chi connectivity index (χ2n) is 4.11. The maximum atomic E-state index is 10.1. The van der Waals surface area contributed by atoms with Gasteiger partial charge < -0.3 is 15.7 Å². The third-order valence-corrected chi connectivity index (χ3v) is 2.87. The molecule has 1 saturated heterocycles. The lowest BCUT2D eigenvalue weighted by Gasteiger charge is -2.30. The van der Waals surface area contributed by atoms with E-state index in [2.05, 4.69) is 17.6 Å². The summed E-state index contributed by atoms with van der Waals surface area (Å²) in [4.78, 5) is 0. The van der Waals surface area contributed by atoms with E-state index in [1.165, 1.54) is 6.42 Å². The lowest BCUT2D eigenvalue weighted by Crippen LogP contribution is -2.46. The van der Waals surface area contributed by atoms with Crippen LogP contribution in [0.25, 0.3) is 0 Å². The Morgan fingerprint density at radius 3 is 2.92 bits per heavy atom. The van der Waals surface area contributed by atoms with Crippen LogP contribution in [0.1, 0.15) is 33.1 Å². The van der Waals surface area contributed by atoms with Crippen LogP contribution in [-0.2, 0) is 0 Å². The summed E-state index contributed by atoms with van der Waals surface area (Å²) in [6, 6.07) is 0.297. The molecular weight excluding hydrogens is 164 g/mol. The molecule has 3 nitrogen and oxygen atoms in total. The molecular formula is C10H22N2O. The van der Waals surface area contributed by atoms with Gasteiger partial charge in [0.15, 0.2) is 0 Å². The van der Waals surface area contributed by atoms with E-state index in [4.69, 9.17) is 0 Å². The van der Waals surface area contributed by atoms with E-state index in [0.717, 1.165) is 32.5 Å². The van der Waals surface area contributed by atoms with Crippen LogP contribution < -0.4 is 10.6 Å². The Balaban J connectivity index is 2.26. The first-order valence-corrected chi connectivity index (χ1v) is 5.33. The summed E-state index contributed by atoms with van der Waals surface area (Å²) in [5.41, 5.74) is -0.543. The number of nitrogens with one attached hydrogen (secondary N) is 2. The van der Waals surface area contributed by atoms with Gasteiger partial charge in [0.1, 0.15) is 0 Å². The third-order valence-electron chi connectivity index (χ3n) is 2.87. The van der Waals surface area contributed by atoms with E-state index in [0.29, 0.717) is 6.04 Å². The molecule has 1 fully saturated rings. The number of aliphatic hydroxyl groups is 1. The molecule has 1 heterocycles. The minimum atomic E-state index is -0.543. The molecule has 0 bridgehead atoms. The highest BCUT2D eigenvalue weighted by Crippen LogP contribution is 2.21. The fraction of sp³-hybridized carbons (Fsp3) is 1.00. The van der Waals surface area contributed by atoms with Crippen molar-refractivity contribution in [2.24, 2.45) is 0 Å². The molecule has 2 atom stereocenters. The Kier molecular flexibility index (Phi) is 4.16. The number of hydrogen-bond donors (Lipinski definition) is 3. The van der Waals surface area contributed by atoms with E-state index in [9.17, 15) is 5.11 Å². The van der Waals surface area contributed by atoms with Crippen molar-refractivity contribution in [2.75, 3.05) is 19.6 Å². The first-order valence-electron chi connectivity index (χ1n) is 5.33. The van der Waals surface area contributed by atoms with Gasteiger partial charge in [-0.15, -0.1) is 0 Å². The summed E-state index contributed by atoms with van der Waals surface area (Å²) in [7, 11) is 0. The molecule has 0 radical (unpaired) electrons. The molecule has 0 aromatic heterocycles. The maximum absolute atomic E-state index is 10.1. The molecule has 13 heavy (non-hydrogen) atoms. The van der Waals surface area contributed by atoms with Crippen molar-refractivity contribution in [3.63, 3.8) is 0 Å². The van der Waals surface area contributed by atoms with Gasteiger partial charge in [-0.3, -0.25) is 0 Å². The van der Waals surface area contributed by atoms with Gasteiger partial charge in [0, 0.05) is 6.04 Å². The summed E-state index contributed by atoms with van der Waals surface area (Å²) in [6.45, 7) is 6.97. The Bertz CT molecular complexity index is 142. The molecule has 78 valence electrons. The molecule has 0 aliphatic carbocycles. The van der Waals surface area contributed by atoms with Gasteiger partial charge in [0.05, 0.1) is 5.60 Å². The van der Waals surface area contributed by atoms with Crippen LogP contribution in [-0.4, -0.2) is 36.4 Å². The Labute approximate surface area is 80.9 Å². The monoisotopic (exact) mass is 186 g/mol. The molecule has 1 aliphatic heterocycles. The van der Waals surface area contributed by atoms with E-state index in [1.54, 1.807) is 0 Å². The third kappa shape index (κ3) is 3.25. The van der Waals surface area contributed by atoms with Gasteiger partial charge in [-0.25, -0.2) is 0 Å². The molecule has 1 aliphatic rings. The van der Waals surface area contributed by atoms with Crippen molar-refractivity contribution in [3.05, 3.63) is 0 Å². The van der Waals surface area contributed by atoms with Crippen molar-refractivity contribution >= 4 is 0 Å². The maximum Gasteiger partial charge on any atom is 0.0784 e. The zero-order valence-corrected chi connectivity index (χ0v) is 8.77. The van der Waals surface area contributed by atoms with Crippen molar-refractivity contribution in [1.82, 2.24) is 10.6 Å². The van der Waals surface area contributed by atoms with E-state index in [-0.39, 0.29) is 0 Å². The lowest BCUT2D eigenvalue weighted by molar-refractivity contribution is 0.0181. The number of rotatable bonds is 5. The van der Waals surface area contributed by atoms with Gasteiger partial charge >= 0.3 is 0 Å². The van der Waals surface area contributed by atoms with Crippen LogP contribution in [0.5, 0.6) is 0 Å². The van der Waals surface area contributed by atoms with Crippen molar-refractivity contribution in [3.8, 4) is 0 Å². The molecule has 2 unspecified atom stereocenters. The quantitative estimate of drug-likeness (QED) is 0.548. The topological polar surface area (TPSA) is 44.3 Å².